The fourth-order valence-electron chi connectivity index (χ4n) is 5.68. The second-order valence-corrected chi connectivity index (χ2v) is 12.3. The quantitative estimate of drug-likeness (QED) is 0.220. The number of amides is 2. The standard InChI is InChI=1S/C27H29N4O8P/c32-25-4-5-26(33)31(25)39-27(34)3-1-8-29-10-6-17-13-19-23(15-21(17)29)38-24-16-22-18(14-20(24)28-19)7-11-30(22)9-2-12-40(35,36)37/h13-16H,1-12H2,(H-,35,36,37)/p+1. The number of fused-ring (bicyclic) bond motifs is 4. The smallest absolute Gasteiger partial charge is 0.333 e. The fourth-order valence-corrected chi connectivity index (χ4v) is 6.23. The lowest BCUT2D eigenvalue weighted by Crippen LogP contribution is -2.32. The summed E-state index contributed by atoms with van der Waals surface area (Å²) in [4.78, 5) is 65.8. The van der Waals surface area contributed by atoms with Crippen molar-refractivity contribution in [3.05, 3.63) is 46.1 Å². The first kappa shape index (κ1) is 26.6. The molecule has 1 saturated heterocycles. The molecule has 2 amide bonds. The number of carbonyl (C=O) groups is 3. The summed E-state index contributed by atoms with van der Waals surface area (Å²) in [5, 5.41) is 2.37. The van der Waals surface area contributed by atoms with Gasteiger partial charge in [-0.1, -0.05) is 0 Å². The second kappa shape index (κ2) is 10.4. The summed E-state index contributed by atoms with van der Waals surface area (Å²) in [6, 6.07) is 8.04. The molecular formula is C27H30N4O8P+. The van der Waals surface area contributed by atoms with Crippen LogP contribution in [-0.2, 0) is 36.6 Å². The first-order valence-electron chi connectivity index (χ1n) is 13.5. The van der Waals surface area contributed by atoms with Gasteiger partial charge in [-0.2, -0.15) is 0 Å². The van der Waals surface area contributed by atoms with Gasteiger partial charge in [0.2, 0.25) is 5.36 Å². The average molecular weight is 570 g/mol. The van der Waals surface area contributed by atoms with Crippen molar-refractivity contribution in [3.8, 4) is 11.5 Å². The third kappa shape index (κ3) is 5.39. The highest BCUT2D eigenvalue weighted by Crippen LogP contribution is 2.42. The molecular weight excluding hydrogens is 539 g/mol. The predicted octanol–water partition coefficient (Wildman–Crippen LogP) is 1.11. The lowest BCUT2D eigenvalue weighted by atomic mass is 10.1. The maximum absolute atomic E-state index is 12.2. The van der Waals surface area contributed by atoms with E-state index in [1.165, 1.54) is 0 Å². The summed E-state index contributed by atoms with van der Waals surface area (Å²) < 4.78 is 19.7. The van der Waals surface area contributed by atoms with Crippen molar-refractivity contribution in [2.75, 3.05) is 37.2 Å². The third-order valence-corrected chi connectivity index (χ3v) is 8.55. The lowest BCUT2D eigenvalue weighted by molar-refractivity contribution is -0.197. The van der Waals surface area contributed by atoms with Crippen molar-refractivity contribution >= 4 is 36.8 Å². The molecule has 0 spiro atoms. The highest BCUT2D eigenvalue weighted by atomic mass is 31.2. The van der Waals surface area contributed by atoms with Crippen molar-refractivity contribution in [1.29, 1.82) is 0 Å². The SMILES string of the molecule is O=C(CCC[N+]1=c2cc3c(cc2CC1)=Nc1cc2c(cc1O3)N(CCCP(=O)(O)O)CC2)ON1C(=O)CCC1=O. The van der Waals surface area contributed by atoms with Crippen molar-refractivity contribution < 1.29 is 38.3 Å². The fraction of sp³-hybridized carbons (Fsp3) is 0.444. The van der Waals surface area contributed by atoms with Crippen LogP contribution in [0.3, 0.4) is 0 Å². The second-order valence-electron chi connectivity index (χ2n) is 10.5. The Balaban J connectivity index is 1.15. The van der Waals surface area contributed by atoms with Crippen LogP contribution in [0.25, 0.3) is 0 Å². The van der Waals surface area contributed by atoms with E-state index in [9.17, 15) is 28.7 Å². The van der Waals surface area contributed by atoms with Gasteiger partial charge >= 0.3 is 13.6 Å². The Morgan fingerprint density at radius 1 is 1.02 bits per heavy atom. The summed E-state index contributed by atoms with van der Waals surface area (Å²) in [5.41, 5.74) is 4.08. The zero-order valence-electron chi connectivity index (χ0n) is 21.9. The molecule has 0 radical (unpaired) electrons. The molecule has 2 aromatic carbocycles. The van der Waals surface area contributed by atoms with Gasteiger partial charge in [-0.15, -0.1) is 5.06 Å². The van der Waals surface area contributed by atoms with Gasteiger partial charge in [-0.3, -0.25) is 14.2 Å². The predicted molar refractivity (Wildman–Crippen MR) is 142 cm³/mol. The largest absolute Gasteiger partial charge is 0.452 e. The van der Waals surface area contributed by atoms with Crippen LogP contribution >= 0.6 is 7.60 Å². The van der Waals surface area contributed by atoms with Crippen LogP contribution in [0.1, 0.15) is 43.2 Å². The van der Waals surface area contributed by atoms with Gasteiger partial charge in [-0.25, -0.2) is 14.4 Å². The Bertz CT molecular complexity index is 1580. The highest BCUT2D eigenvalue weighted by molar-refractivity contribution is 7.51. The molecule has 4 aliphatic rings. The molecule has 0 atom stereocenters. The molecule has 0 saturated carbocycles. The van der Waals surface area contributed by atoms with Gasteiger partial charge in [0.25, 0.3) is 11.8 Å². The van der Waals surface area contributed by atoms with E-state index >= 15 is 0 Å². The van der Waals surface area contributed by atoms with Gasteiger partial charge in [0.1, 0.15) is 24.1 Å². The number of rotatable bonds is 9. The Morgan fingerprint density at radius 2 is 1.82 bits per heavy atom. The number of benzene rings is 2. The molecule has 4 aliphatic heterocycles. The first-order valence-corrected chi connectivity index (χ1v) is 15.3. The van der Waals surface area contributed by atoms with Crippen LogP contribution in [0, 0.1) is 0 Å². The van der Waals surface area contributed by atoms with Crippen molar-refractivity contribution in [1.82, 2.24) is 9.64 Å². The molecule has 210 valence electrons. The Labute approximate surface area is 229 Å². The average Bonchev–Trinajstić information content (AvgIpc) is 3.57. The minimum absolute atomic E-state index is 0.0694. The van der Waals surface area contributed by atoms with Gasteiger partial charge in [0.15, 0.2) is 11.5 Å². The summed E-state index contributed by atoms with van der Waals surface area (Å²) in [6.45, 7) is 2.74. The molecule has 0 unspecified atom stereocenters. The van der Waals surface area contributed by atoms with E-state index in [0.29, 0.717) is 42.5 Å². The molecule has 2 aromatic rings. The molecule has 6 rings (SSSR count). The monoisotopic (exact) mass is 569 g/mol. The van der Waals surface area contributed by atoms with Crippen LogP contribution in [0.15, 0.2) is 29.3 Å². The van der Waals surface area contributed by atoms with Crippen LogP contribution in [-0.4, -0.2) is 65.0 Å². The number of imide groups is 1. The van der Waals surface area contributed by atoms with E-state index < -0.39 is 25.4 Å². The minimum Gasteiger partial charge on any atom is -0.452 e. The van der Waals surface area contributed by atoms with E-state index in [0.717, 1.165) is 59.1 Å². The topological polar surface area (TPSA) is 149 Å². The highest BCUT2D eigenvalue weighted by Gasteiger charge is 2.33. The van der Waals surface area contributed by atoms with Crippen LogP contribution in [0.4, 0.5) is 11.4 Å². The summed E-state index contributed by atoms with van der Waals surface area (Å²) in [6.07, 6.45) is 2.69. The molecule has 1 fully saturated rings. The molecule has 4 heterocycles. The normalized spacial score (nSPS) is 17.3. The number of hydrogen-bond acceptors (Lipinski definition) is 8. The number of hydroxylamine groups is 2. The molecule has 12 nitrogen and oxygen atoms in total. The van der Waals surface area contributed by atoms with E-state index in [1.54, 1.807) is 0 Å². The maximum Gasteiger partial charge on any atom is 0.333 e. The van der Waals surface area contributed by atoms with E-state index in [4.69, 9.17) is 14.6 Å². The van der Waals surface area contributed by atoms with Gasteiger partial charge in [0, 0.05) is 56.1 Å². The molecule has 40 heavy (non-hydrogen) atoms. The van der Waals surface area contributed by atoms with Crippen molar-refractivity contribution in [3.63, 3.8) is 0 Å². The first-order chi connectivity index (χ1) is 19.1. The number of anilines is 1. The maximum atomic E-state index is 12.2. The Hall–Kier alpha value is -3.60. The van der Waals surface area contributed by atoms with Gasteiger partial charge < -0.3 is 24.3 Å². The number of ether oxygens (including phenoxy) is 1. The minimum atomic E-state index is -4.02. The lowest BCUT2D eigenvalue weighted by Gasteiger charge is -2.21. The molecule has 0 aliphatic carbocycles. The molecule has 0 aromatic heterocycles. The summed E-state index contributed by atoms with van der Waals surface area (Å²) >= 11 is 0. The van der Waals surface area contributed by atoms with Crippen LogP contribution in [0.2, 0.25) is 0 Å². The van der Waals surface area contributed by atoms with Crippen molar-refractivity contribution in [2.24, 2.45) is 4.99 Å². The Kier molecular flexibility index (Phi) is 6.93. The van der Waals surface area contributed by atoms with E-state index in [-0.39, 0.29) is 25.4 Å². The van der Waals surface area contributed by atoms with Crippen LogP contribution in [0.5, 0.6) is 11.5 Å². The van der Waals surface area contributed by atoms with E-state index in [2.05, 4.69) is 9.48 Å². The van der Waals surface area contributed by atoms with Gasteiger partial charge in [0.05, 0.1) is 18.6 Å². The number of carbonyl (C=O) groups excluding carboxylic acids is 3. The van der Waals surface area contributed by atoms with Gasteiger partial charge in [-0.05, 0) is 30.5 Å². The molecule has 13 heteroatoms. The van der Waals surface area contributed by atoms with Crippen LogP contribution < -0.4 is 24.9 Å². The number of nitrogens with zero attached hydrogens (tertiary/aromatic N) is 4. The summed E-state index contributed by atoms with van der Waals surface area (Å²) in [7, 11) is -4.02. The third-order valence-electron chi connectivity index (χ3n) is 7.65. The molecule has 2 N–H and O–H groups in total. The zero-order chi connectivity index (χ0) is 28.0. The van der Waals surface area contributed by atoms with E-state index in [1.807, 2.05) is 24.3 Å². The van der Waals surface area contributed by atoms with Crippen molar-refractivity contribution in [2.45, 2.75) is 44.9 Å². The summed E-state index contributed by atoms with van der Waals surface area (Å²) in [5.74, 6) is -0.279. The number of hydrogen-bond donors (Lipinski definition) is 2. The zero-order valence-corrected chi connectivity index (χ0v) is 22.8. The Morgan fingerprint density at radius 3 is 2.60 bits per heavy atom. The molecule has 0 bridgehead atoms.